The summed E-state index contributed by atoms with van der Waals surface area (Å²) in [7, 11) is 0. The van der Waals surface area contributed by atoms with Gasteiger partial charge in [0.25, 0.3) is 0 Å². The average molecular weight is 378 g/mol. The summed E-state index contributed by atoms with van der Waals surface area (Å²) in [6, 6.07) is 5.50. The third-order valence-corrected chi connectivity index (χ3v) is 5.62. The van der Waals surface area contributed by atoms with Crippen LogP contribution in [0.25, 0.3) is 0 Å². The Labute approximate surface area is 158 Å². The van der Waals surface area contributed by atoms with E-state index in [4.69, 9.17) is 0 Å². The molecule has 0 N–H and O–H groups in total. The standard InChI is InChI=1S/C23H26F4/c1-2-3-4-5-6-7-15-12-20(25)22(21(26)13-15)17-8-10-18-16(14-17)9-11-19(24)23(18)27/h9,11-13,17H,2-8,10,14H2,1H3. The van der Waals surface area contributed by atoms with Gasteiger partial charge in [0.15, 0.2) is 11.6 Å². The lowest BCUT2D eigenvalue weighted by Crippen LogP contribution is -2.17. The van der Waals surface area contributed by atoms with Crippen molar-refractivity contribution in [3.05, 3.63) is 69.8 Å². The van der Waals surface area contributed by atoms with E-state index in [1.165, 1.54) is 31.0 Å². The molecule has 0 bridgehead atoms. The van der Waals surface area contributed by atoms with Gasteiger partial charge in [0.1, 0.15) is 11.6 Å². The summed E-state index contributed by atoms with van der Waals surface area (Å²) in [5, 5.41) is 0. The Hall–Kier alpha value is -1.84. The highest BCUT2D eigenvalue weighted by molar-refractivity contribution is 5.37. The molecule has 0 radical (unpaired) electrons. The lowest BCUT2D eigenvalue weighted by Gasteiger charge is -2.26. The van der Waals surface area contributed by atoms with Crippen LogP contribution in [0.5, 0.6) is 0 Å². The topological polar surface area (TPSA) is 0 Å². The Morgan fingerprint density at radius 2 is 1.59 bits per heavy atom. The van der Waals surface area contributed by atoms with Crippen molar-refractivity contribution in [2.24, 2.45) is 0 Å². The fourth-order valence-electron chi connectivity index (χ4n) is 4.13. The molecule has 0 spiro atoms. The molecule has 0 saturated heterocycles. The molecule has 0 fully saturated rings. The van der Waals surface area contributed by atoms with Crippen molar-refractivity contribution in [2.75, 3.05) is 0 Å². The Balaban J connectivity index is 1.72. The highest BCUT2D eigenvalue weighted by Crippen LogP contribution is 2.37. The van der Waals surface area contributed by atoms with Crippen molar-refractivity contribution in [2.45, 2.75) is 70.6 Å². The molecule has 0 aromatic heterocycles. The first-order chi connectivity index (χ1) is 13.0. The fourth-order valence-corrected chi connectivity index (χ4v) is 4.13. The third kappa shape index (κ3) is 4.53. The van der Waals surface area contributed by atoms with Crippen LogP contribution in [0.1, 0.15) is 73.6 Å². The molecule has 2 aromatic carbocycles. The SMILES string of the molecule is CCCCCCCc1cc(F)c(C2CCc3c(ccc(F)c3F)C2)c(F)c1. The summed E-state index contributed by atoms with van der Waals surface area (Å²) in [4.78, 5) is 0. The van der Waals surface area contributed by atoms with E-state index in [1.54, 1.807) is 0 Å². The third-order valence-electron chi connectivity index (χ3n) is 5.62. The van der Waals surface area contributed by atoms with E-state index < -0.39 is 23.3 Å². The maximum atomic E-state index is 14.7. The minimum atomic E-state index is -0.868. The fraction of sp³-hybridized carbons (Fsp3) is 0.478. The van der Waals surface area contributed by atoms with Gasteiger partial charge in [-0.25, -0.2) is 17.6 Å². The Morgan fingerprint density at radius 3 is 2.30 bits per heavy atom. The first-order valence-electron chi connectivity index (χ1n) is 9.94. The zero-order valence-corrected chi connectivity index (χ0v) is 15.8. The molecule has 4 heteroatoms. The molecular formula is C23H26F4. The van der Waals surface area contributed by atoms with Crippen LogP contribution >= 0.6 is 0 Å². The van der Waals surface area contributed by atoms with Crippen LogP contribution in [0.4, 0.5) is 17.6 Å². The molecule has 1 unspecified atom stereocenters. The number of rotatable bonds is 7. The number of fused-ring (bicyclic) bond motifs is 1. The minimum absolute atomic E-state index is 0.0834. The molecule has 27 heavy (non-hydrogen) atoms. The van der Waals surface area contributed by atoms with Gasteiger partial charge in [0.05, 0.1) is 0 Å². The van der Waals surface area contributed by atoms with Gasteiger partial charge >= 0.3 is 0 Å². The predicted octanol–water partition coefficient (Wildman–Crippen LogP) is 7.03. The van der Waals surface area contributed by atoms with Gasteiger partial charge in [0, 0.05) is 5.56 Å². The van der Waals surface area contributed by atoms with Crippen LogP contribution in [0.2, 0.25) is 0 Å². The summed E-state index contributed by atoms with van der Waals surface area (Å²) in [6.45, 7) is 2.15. The molecule has 3 rings (SSSR count). The summed E-state index contributed by atoms with van der Waals surface area (Å²) >= 11 is 0. The van der Waals surface area contributed by atoms with E-state index in [0.29, 0.717) is 42.4 Å². The van der Waals surface area contributed by atoms with Crippen molar-refractivity contribution in [3.8, 4) is 0 Å². The number of unbranched alkanes of at least 4 members (excludes halogenated alkanes) is 4. The van der Waals surface area contributed by atoms with Crippen LogP contribution in [-0.2, 0) is 19.3 Å². The summed E-state index contributed by atoms with van der Waals surface area (Å²) in [5.74, 6) is -3.08. The molecule has 0 aliphatic heterocycles. The first-order valence-corrected chi connectivity index (χ1v) is 9.94. The van der Waals surface area contributed by atoms with E-state index in [-0.39, 0.29) is 11.5 Å². The molecule has 0 heterocycles. The van der Waals surface area contributed by atoms with Gasteiger partial charge in [-0.2, -0.15) is 0 Å². The van der Waals surface area contributed by atoms with Crippen molar-refractivity contribution >= 4 is 0 Å². The maximum absolute atomic E-state index is 14.7. The molecule has 146 valence electrons. The summed E-state index contributed by atoms with van der Waals surface area (Å²) < 4.78 is 56.6. The van der Waals surface area contributed by atoms with Crippen molar-refractivity contribution in [1.29, 1.82) is 0 Å². The number of halogens is 4. The largest absolute Gasteiger partial charge is 0.207 e. The highest BCUT2D eigenvalue weighted by Gasteiger charge is 2.28. The number of benzene rings is 2. The molecule has 0 nitrogen and oxygen atoms in total. The van der Waals surface area contributed by atoms with Crippen molar-refractivity contribution in [1.82, 2.24) is 0 Å². The zero-order valence-electron chi connectivity index (χ0n) is 15.8. The Kier molecular flexibility index (Phi) is 6.56. The van der Waals surface area contributed by atoms with Crippen molar-refractivity contribution in [3.63, 3.8) is 0 Å². The zero-order chi connectivity index (χ0) is 19.4. The smallest absolute Gasteiger partial charge is 0.162 e. The van der Waals surface area contributed by atoms with Crippen LogP contribution in [0.3, 0.4) is 0 Å². The van der Waals surface area contributed by atoms with Gasteiger partial charge in [0.2, 0.25) is 0 Å². The second-order valence-corrected chi connectivity index (χ2v) is 7.58. The summed E-state index contributed by atoms with van der Waals surface area (Å²) in [5.41, 5.74) is 1.76. The molecule has 1 atom stereocenters. The second-order valence-electron chi connectivity index (χ2n) is 7.58. The van der Waals surface area contributed by atoms with Gasteiger partial charge < -0.3 is 0 Å². The predicted molar refractivity (Wildman–Crippen MR) is 99.9 cm³/mol. The molecule has 0 saturated carbocycles. The average Bonchev–Trinajstić information content (AvgIpc) is 2.64. The van der Waals surface area contributed by atoms with Crippen LogP contribution in [-0.4, -0.2) is 0 Å². The van der Waals surface area contributed by atoms with Crippen molar-refractivity contribution < 1.29 is 17.6 Å². The van der Waals surface area contributed by atoms with E-state index in [1.807, 2.05) is 0 Å². The second kappa shape index (κ2) is 8.90. The van der Waals surface area contributed by atoms with Gasteiger partial charge in [-0.05, 0) is 72.9 Å². The van der Waals surface area contributed by atoms with Gasteiger partial charge in [-0.1, -0.05) is 38.7 Å². The lowest BCUT2D eigenvalue weighted by atomic mass is 9.79. The number of aryl methyl sites for hydroxylation is 1. The molecular weight excluding hydrogens is 352 g/mol. The molecule has 0 amide bonds. The monoisotopic (exact) mass is 378 g/mol. The van der Waals surface area contributed by atoms with Crippen LogP contribution in [0, 0.1) is 23.3 Å². The first kappa shape index (κ1) is 19.9. The van der Waals surface area contributed by atoms with Crippen LogP contribution in [0.15, 0.2) is 24.3 Å². The van der Waals surface area contributed by atoms with Gasteiger partial charge in [-0.3, -0.25) is 0 Å². The number of hydrogen-bond donors (Lipinski definition) is 0. The number of hydrogen-bond acceptors (Lipinski definition) is 0. The van der Waals surface area contributed by atoms with E-state index in [0.717, 1.165) is 25.3 Å². The Bertz CT molecular complexity index is 774. The quantitative estimate of drug-likeness (QED) is 0.358. The van der Waals surface area contributed by atoms with E-state index in [9.17, 15) is 17.6 Å². The minimum Gasteiger partial charge on any atom is -0.207 e. The van der Waals surface area contributed by atoms with E-state index in [2.05, 4.69) is 6.92 Å². The Morgan fingerprint density at radius 1 is 0.889 bits per heavy atom. The maximum Gasteiger partial charge on any atom is 0.162 e. The highest BCUT2D eigenvalue weighted by atomic mass is 19.2. The molecule has 1 aliphatic carbocycles. The van der Waals surface area contributed by atoms with Gasteiger partial charge in [-0.15, -0.1) is 0 Å². The van der Waals surface area contributed by atoms with E-state index >= 15 is 0 Å². The normalized spacial score (nSPS) is 16.4. The van der Waals surface area contributed by atoms with Crippen LogP contribution < -0.4 is 0 Å². The lowest BCUT2D eigenvalue weighted by molar-refractivity contribution is 0.460. The molecule has 2 aromatic rings. The summed E-state index contributed by atoms with van der Waals surface area (Å²) in [6.07, 6.45) is 7.22. The molecule has 1 aliphatic rings.